The summed E-state index contributed by atoms with van der Waals surface area (Å²) in [6, 6.07) is 8.34. The maximum atomic E-state index is 5.69. The Kier molecular flexibility index (Phi) is 4.47. The molecule has 0 heterocycles. The highest BCUT2D eigenvalue weighted by molar-refractivity contribution is 5.52. The van der Waals surface area contributed by atoms with Gasteiger partial charge in [0.15, 0.2) is 0 Å². The zero-order chi connectivity index (χ0) is 10.4. The fourth-order valence-electron chi connectivity index (χ4n) is 1.57. The molecule has 2 nitrogen and oxygen atoms in total. The normalized spacial score (nSPS) is 10.2. The minimum Gasteiger partial charge on any atom is -0.374 e. The monoisotopic (exact) mass is 192 g/mol. The molecule has 0 unspecified atom stereocenters. The summed E-state index contributed by atoms with van der Waals surface area (Å²) in [5.41, 5.74) is 8.19. The number of para-hydroxylation sites is 1. The van der Waals surface area contributed by atoms with E-state index in [2.05, 4.69) is 37.1 Å². The van der Waals surface area contributed by atoms with Gasteiger partial charge in [0.2, 0.25) is 0 Å². The van der Waals surface area contributed by atoms with Crippen molar-refractivity contribution in [3.8, 4) is 0 Å². The van der Waals surface area contributed by atoms with Crippen molar-refractivity contribution in [1.82, 2.24) is 0 Å². The minimum absolute atomic E-state index is 0.618. The second kappa shape index (κ2) is 5.66. The molecular formula is C12H20N2. The van der Waals surface area contributed by atoms with Crippen LogP contribution in [0.15, 0.2) is 24.3 Å². The minimum atomic E-state index is 0.618. The fraction of sp³-hybridized carbons (Fsp3) is 0.500. The molecule has 2 N–H and O–H groups in total. The molecule has 0 aliphatic carbocycles. The Bertz CT molecular complexity index is 271. The summed E-state index contributed by atoms with van der Waals surface area (Å²) in [6.07, 6.45) is 2.46. The van der Waals surface area contributed by atoms with Crippen LogP contribution in [0.1, 0.15) is 25.3 Å². The lowest BCUT2D eigenvalue weighted by Crippen LogP contribution is -2.20. The van der Waals surface area contributed by atoms with Crippen molar-refractivity contribution in [3.63, 3.8) is 0 Å². The van der Waals surface area contributed by atoms with Gasteiger partial charge in [-0.3, -0.25) is 0 Å². The van der Waals surface area contributed by atoms with Gasteiger partial charge < -0.3 is 10.6 Å². The summed E-state index contributed by atoms with van der Waals surface area (Å²) in [7, 11) is 2.13. The lowest BCUT2D eigenvalue weighted by atomic mass is 10.1. The number of anilines is 1. The molecular weight excluding hydrogens is 172 g/mol. The van der Waals surface area contributed by atoms with Crippen LogP contribution in [0.25, 0.3) is 0 Å². The van der Waals surface area contributed by atoms with Crippen molar-refractivity contribution >= 4 is 5.69 Å². The Hall–Kier alpha value is -1.02. The Labute approximate surface area is 86.7 Å². The number of unbranched alkanes of at least 4 members (excludes halogenated alkanes) is 1. The van der Waals surface area contributed by atoms with Crippen LogP contribution in [0.5, 0.6) is 0 Å². The van der Waals surface area contributed by atoms with Gasteiger partial charge in [-0.25, -0.2) is 0 Å². The first kappa shape index (κ1) is 11.1. The van der Waals surface area contributed by atoms with Gasteiger partial charge in [0.05, 0.1) is 0 Å². The Morgan fingerprint density at radius 1 is 1.29 bits per heavy atom. The van der Waals surface area contributed by atoms with E-state index in [0.29, 0.717) is 6.54 Å². The van der Waals surface area contributed by atoms with E-state index in [4.69, 9.17) is 5.73 Å². The smallest absolute Gasteiger partial charge is 0.0409 e. The zero-order valence-electron chi connectivity index (χ0n) is 9.16. The maximum Gasteiger partial charge on any atom is 0.0409 e. The molecule has 1 aromatic rings. The first-order chi connectivity index (χ1) is 6.79. The highest BCUT2D eigenvalue weighted by atomic mass is 15.1. The lowest BCUT2D eigenvalue weighted by molar-refractivity contribution is 0.763. The molecule has 0 saturated carbocycles. The third-order valence-corrected chi connectivity index (χ3v) is 2.47. The van der Waals surface area contributed by atoms with Crippen molar-refractivity contribution in [3.05, 3.63) is 29.8 Å². The summed E-state index contributed by atoms with van der Waals surface area (Å²) in [6.45, 7) is 3.93. The number of rotatable bonds is 5. The van der Waals surface area contributed by atoms with Crippen LogP contribution in [0.4, 0.5) is 5.69 Å². The maximum absolute atomic E-state index is 5.69. The van der Waals surface area contributed by atoms with Crippen molar-refractivity contribution < 1.29 is 0 Å². The predicted octanol–water partition coefficient (Wildman–Crippen LogP) is 2.38. The molecule has 0 aliphatic heterocycles. The molecule has 0 spiro atoms. The van der Waals surface area contributed by atoms with E-state index in [1.54, 1.807) is 0 Å². The molecule has 14 heavy (non-hydrogen) atoms. The number of nitrogens with zero attached hydrogens (tertiary/aromatic N) is 1. The average molecular weight is 192 g/mol. The van der Waals surface area contributed by atoms with Crippen LogP contribution < -0.4 is 10.6 Å². The number of hydrogen-bond acceptors (Lipinski definition) is 2. The van der Waals surface area contributed by atoms with Gasteiger partial charge in [-0.05, 0) is 18.1 Å². The molecule has 2 heteroatoms. The SMILES string of the molecule is CCCCN(C)c1ccccc1CN. The molecule has 1 aromatic carbocycles. The topological polar surface area (TPSA) is 29.3 Å². The molecule has 0 saturated heterocycles. The van der Waals surface area contributed by atoms with Crippen molar-refractivity contribution in [2.45, 2.75) is 26.3 Å². The Balaban J connectivity index is 2.72. The van der Waals surface area contributed by atoms with E-state index in [0.717, 1.165) is 6.54 Å². The summed E-state index contributed by atoms with van der Waals surface area (Å²) >= 11 is 0. The molecule has 0 fully saturated rings. The molecule has 0 bridgehead atoms. The van der Waals surface area contributed by atoms with E-state index in [-0.39, 0.29) is 0 Å². The van der Waals surface area contributed by atoms with Crippen LogP contribution in [0.2, 0.25) is 0 Å². The van der Waals surface area contributed by atoms with Crippen LogP contribution in [0.3, 0.4) is 0 Å². The highest BCUT2D eigenvalue weighted by Gasteiger charge is 2.03. The van der Waals surface area contributed by atoms with Crippen LogP contribution in [-0.4, -0.2) is 13.6 Å². The Morgan fingerprint density at radius 3 is 2.64 bits per heavy atom. The molecule has 1 rings (SSSR count). The van der Waals surface area contributed by atoms with Gasteiger partial charge in [0.25, 0.3) is 0 Å². The predicted molar refractivity (Wildman–Crippen MR) is 62.5 cm³/mol. The number of hydrogen-bond donors (Lipinski definition) is 1. The quantitative estimate of drug-likeness (QED) is 0.776. The molecule has 0 amide bonds. The first-order valence-corrected chi connectivity index (χ1v) is 5.28. The van der Waals surface area contributed by atoms with Gasteiger partial charge in [-0.2, -0.15) is 0 Å². The van der Waals surface area contributed by atoms with Crippen LogP contribution >= 0.6 is 0 Å². The standard InChI is InChI=1S/C12H20N2/c1-3-4-9-14(2)12-8-6-5-7-11(12)10-13/h5-8H,3-4,9-10,13H2,1-2H3. The lowest BCUT2D eigenvalue weighted by Gasteiger charge is -2.21. The van der Waals surface area contributed by atoms with Gasteiger partial charge in [-0.15, -0.1) is 0 Å². The average Bonchev–Trinajstić information content (AvgIpc) is 2.25. The van der Waals surface area contributed by atoms with Crippen LogP contribution in [-0.2, 0) is 6.54 Å². The van der Waals surface area contributed by atoms with E-state index < -0.39 is 0 Å². The highest BCUT2D eigenvalue weighted by Crippen LogP contribution is 2.18. The molecule has 0 aromatic heterocycles. The van der Waals surface area contributed by atoms with Gasteiger partial charge in [0.1, 0.15) is 0 Å². The largest absolute Gasteiger partial charge is 0.374 e. The second-order valence-corrected chi connectivity index (χ2v) is 3.61. The summed E-state index contributed by atoms with van der Waals surface area (Å²) < 4.78 is 0. The molecule has 0 aliphatic rings. The molecule has 0 radical (unpaired) electrons. The van der Waals surface area contributed by atoms with E-state index in [1.807, 2.05) is 6.07 Å². The zero-order valence-corrected chi connectivity index (χ0v) is 9.16. The summed E-state index contributed by atoms with van der Waals surface area (Å²) in [5, 5.41) is 0. The van der Waals surface area contributed by atoms with Gasteiger partial charge in [0, 0.05) is 25.8 Å². The molecule has 78 valence electrons. The van der Waals surface area contributed by atoms with Gasteiger partial charge in [-0.1, -0.05) is 31.5 Å². The van der Waals surface area contributed by atoms with E-state index >= 15 is 0 Å². The third kappa shape index (κ3) is 2.74. The first-order valence-electron chi connectivity index (χ1n) is 5.28. The number of benzene rings is 1. The van der Waals surface area contributed by atoms with Crippen molar-refractivity contribution in [1.29, 1.82) is 0 Å². The van der Waals surface area contributed by atoms with E-state index in [1.165, 1.54) is 24.1 Å². The fourth-order valence-corrected chi connectivity index (χ4v) is 1.57. The van der Waals surface area contributed by atoms with Gasteiger partial charge >= 0.3 is 0 Å². The second-order valence-electron chi connectivity index (χ2n) is 3.61. The summed E-state index contributed by atoms with van der Waals surface area (Å²) in [4.78, 5) is 2.28. The van der Waals surface area contributed by atoms with Crippen molar-refractivity contribution in [2.24, 2.45) is 5.73 Å². The van der Waals surface area contributed by atoms with E-state index in [9.17, 15) is 0 Å². The third-order valence-electron chi connectivity index (χ3n) is 2.47. The summed E-state index contributed by atoms with van der Waals surface area (Å²) in [5.74, 6) is 0. The van der Waals surface area contributed by atoms with Crippen molar-refractivity contribution in [2.75, 3.05) is 18.5 Å². The molecule has 0 atom stereocenters. The van der Waals surface area contributed by atoms with Crippen LogP contribution in [0, 0.1) is 0 Å². The number of nitrogens with two attached hydrogens (primary N) is 1. The Morgan fingerprint density at radius 2 is 2.00 bits per heavy atom.